The van der Waals surface area contributed by atoms with Crippen molar-refractivity contribution in [1.29, 1.82) is 0 Å². The van der Waals surface area contributed by atoms with Gasteiger partial charge in [-0.25, -0.2) is 9.89 Å². The number of hydrogen-bond acceptors (Lipinski definition) is 5. The summed E-state index contributed by atoms with van der Waals surface area (Å²) in [5.41, 5.74) is 1.56. The van der Waals surface area contributed by atoms with E-state index in [1.54, 1.807) is 23.2 Å². The highest BCUT2D eigenvalue weighted by molar-refractivity contribution is 5.95. The Morgan fingerprint density at radius 3 is 2.95 bits per heavy atom. The number of ether oxygens (including phenoxy) is 1. The standard InChI is InChI=1S/C15H14N4O3/c1-22-15(21)12-9-19(7-5-10-4-2-3-6-16-10)8-11-13(12)17-18-14(11)20/h2-4,6,8-9H,5,7H2,1H3,(H,18,20). The minimum Gasteiger partial charge on any atom is -0.465 e. The molecule has 1 aromatic heterocycles. The number of nitrogens with one attached hydrogen (secondary N) is 1. The highest BCUT2D eigenvalue weighted by atomic mass is 16.5. The fourth-order valence-corrected chi connectivity index (χ4v) is 2.27. The summed E-state index contributed by atoms with van der Waals surface area (Å²) in [5.74, 6) is -0.524. The van der Waals surface area contributed by atoms with Crippen LogP contribution in [-0.2, 0) is 17.7 Å². The van der Waals surface area contributed by atoms with Crippen LogP contribution in [-0.4, -0.2) is 32.8 Å². The van der Waals surface area contributed by atoms with Crippen molar-refractivity contribution in [2.45, 2.75) is 13.0 Å². The van der Waals surface area contributed by atoms with E-state index >= 15 is 0 Å². The van der Waals surface area contributed by atoms with Gasteiger partial charge in [0.25, 0.3) is 5.56 Å². The number of carbonyl (C=O) groups excluding carboxylic acids is 1. The quantitative estimate of drug-likeness (QED) is 0.728. The average Bonchev–Trinajstić information content (AvgIpc) is 2.94. The molecule has 22 heavy (non-hydrogen) atoms. The number of fused-ring (bicyclic) bond motifs is 1. The molecule has 0 radical (unpaired) electrons. The van der Waals surface area contributed by atoms with Gasteiger partial charge in [0.2, 0.25) is 0 Å². The Bertz CT molecular complexity index is 822. The van der Waals surface area contributed by atoms with Crippen LogP contribution in [0.4, 0.5) is 0 Å². The van der Waals surface area contributed by atoms with Crippen molar-refractivity contribution >= 4 is 5.97 Å². The molecule has 1 aromatic rings. The molecular formula is C15H14N4O3. The highest BCUT2D eigenvalue weighted by Gasteiger charge is 2.21. The molecule has 0 aromatic carbocycles. The molecule has 3 rings (SSSR count). The molecule has 0 unspecified atom stereocenters. The van der Waals surface area contributed by atoms with E-state index < -0.39 is 5.97 Å². The summed E-state index contributed by atoms with van der Waals surface area (Å²) in [5, 5.41) is 6.24. The number of nitrogens with zero attached hydrogens (tertiary/aromatic N) is 3. The fraction of sp³-hybridized carbons (Fsp3) is 0.200. The highest BCUT2D eigenvalue weighted by Crippen LogP contribution is 2.20. The van der Waals surface area contributed by atoms with E-state index in [9.17, 15) is 9.59 Å². The van der Waals surface area contributed by atoms with Gasteiger partial charge in [0.05, 0.1) is 12.7 Å². The molecule has 7 heteroatoms. The molecular weight excluding hydrogens is 284 g/mol. The molecule has 112 valence electrons. The molecule has 0 aliphatic carbocycles. The van der Waals surface area contributed by atoms with Crippen LogP contribution in [0, 0.1) is 0 Å². The third kappa shape index (κ3) is 2.60. The van der Waals surface area contributed by atoms with Gasteiger partial charge in [-0.3, -0.25) is 9.78 Å². The lowest BCUT2D eigenvalue weighted by Gasteiger charge is -2.11. The number of aromatic nitrogens is 4. The van der Waals surface area contributed by atoms with Crippen molar-refractivity contribution in [1.82, 2.24) is 19.7 Å². The summed E-state index contributed by atoms with van der Waals surface area (Å²) in [4.78, 5) is 27.9. The summed E-state index contributed by atoms with van der Waals surface area (Å²) in [7, 11) is 1.30. The molecule has 2 aliphatic rings. The lowest BCUT2D eigenvalue weighted by atomic mass is 10.1. The fourth-order valence-electron chi connectivity index (χ4n) is 2.27. The normalized spacial score (nSPS) is 10.8. The number of methoxy groups -OCH3 is 1. The largest absolute Gasteiger partial charge is 0.465 e. The van der Waals surface area contributed by atoms with Crippen molar-refractivity contribution in [2.24, 2.45) is 0 Å². The Hall–Kier alpha value is -2.96. The van der Waals surface area contributed by atoms with Gasteiger partial charge in [0, 0.05) is 37.3 Å². The lowest BCUT2D eigenvalue weighted by molar-refractivity contribution is 0.0600. The van der Waals surface area contributed by atoms with Crippen LogP contribution in [0.2, 0.25) is 0 Å². The number of rotatable bonds is 4. The minimum absolute atomic E-state index is 0.263. The van der Waals surface area contributed by atoms with Gasteiger partial charge < -0.3 is 9.30 Å². The number of aromatic amines is 1. The molecule has 0 spiro atoms. The average molecular weight is 298 g/mol. The second-order valence-corrected chi connectivity index (χ2v) is 4.79. The Morgan fingerprint density at radius 1 is 1.36 bits per heavy atom. The van der Waals surface area contributed by atoms with E-state index in [1.165, 1.54) is 7.11 Å². The first kappa shape index (κ1) is 14.0. The zero-order valence-electron chi connectivity index (χ0n) is 11.9. The minimum atomic E-state index is -0.524. The van der Waals surface area contributed by atoms with Crippen molar-refractivity contribution in [2.75, 3.05) is 7.11 Å². The summed E-state index contributed by atoms with van der Waals surface area (Å²) < 4.78 is 6.53. The van der Waals surface area contributed by atoms with E-state index in [4.69, 9.17) is 4.74 Å². The third-order valence-corrected chi connectivity index (χ3v) is 3.37. The maximum Gasteiger partial charge on any atom is 0.341 e. The first-order valence-electron chi connectivity index (χ1n) is 6.75. The van der Waals surface area contributed by atoms with Crippen LogP contribution < -0.4 is 5.56 Å². The van der Waals surface area contributed by atoms with Gasteiger partial charge in [-0.2, -0.15) is 5.10 Å². The van der Waals surface area contributed by atoms with Crippen LogP contribution in [0.5, 0.6) is 0 Å². The molecule has 2 aliphatic heterocycles. The van der Waals surface area contributed by atoms with Gasteiger partial charge in [-0.05, 0) is 12.1 Å². The zero-order valence-corrected chi connectivity index (χ0v) is 11.9. The van der Waals surface area contributed by atoms with E-state index in [0.717, 1.165) is 5.69 Å². The van der Waals surface area contributed by atoms with Crippen LogP contribution in [0.25, 0.3) is 11.3 Å². The Balaban J connectivity index is 1.95. The van der Waals surface area contributed by atoms with Crippen molar-refractivity contribution < 1.29 is 9.53 Å². The molecule has 0 atom stereocenters. The number of hydrogen-bond donors (Lipinski definition) is 1. The third-order valence-electron chi connectivity index (χ3n) is 3.37. The monoisotopic (exact) mass is 298 g/mol. The summed E-state index contributed by atoms with van der Waals surface area (Å²) in [6.45, 7) is 0.585. The molecule has 0 saturated heterocycles. The topological polar surface area (TPSA) is 89.9 Å². The molecule has 0 saturated carbocycles. The summed E-state index contributed by atoms with van der Waals surface area (Å²) in [6.07, 6.45) is 5.73. The van der Waals surface area contributed by atoms with E-state index in [1.807, 2.05) is 18.2 Å². The first-order valence-corrected chi connectivity index (χ1v) is 6.75. The van der Waals surface area contributed by atoms with Gasteiger partial charge in [-0.1, -0.05) is 6.07 Å². The zero-order chi connectivity index (χ0) is 15.5. The van der Waals surface area contributed by atoms with Crippen molar-refractivity contribution in [3.05, 3.63) is 58.4 Å². The molecule has 7 nitrogen and oxygen atoms in total. The summed E-state index contributed by atoms with van der Waals surface area (Å²) in [6, 6.07) is 5.70. The molecule has 1 N–H and O–H groups in total. The molecule has 0 fully saturated rings. The van der Waals surface area contributed by atoms with Gasteiger partial charge in [0.1, 0.15) is 11.3 Å². The van der Waals surface area contributed by atoms with E-state index in [2.05, 4.69) is 15.2 Å². The number of carbonyl (C=O) groups is 1. The van der Waals surface area contributed by atoms with Crippen molar-refractivity contribution in [3.63, 3.8) is 0 Å². The van der Waals surface area contributed by atoms with E-state index in [0.29, 0.717) is 24.2 Å². The van der Waals surface area contributed by atoms with E-state index in [-0.39, 0.29) is 11.1 Å². The van der Waals surface area contributed by atoms with Crippen molar-refractivity contribution in [3.8, 4) is 11.3 Å². The maximum atomic E-state index is 11.9. The van der Waals surface area contributed by atoms with Crippen LogP contribution in [0.15, 0.2) is 41.6 Å². The molecule has 0 bridgehead atoms. The van der Waals surface area contributed by atoms with Gasteiger partial charge >= 0.3 is 5.97 Å². The first-order chi connectivity index (χ1) is 10.7. The maximum absolute atomic E-state index is 11.9. The second kappa shape index (κ2) is 5.80. The SMILES string of the molecule is COC(=O)c1cn(CCc2ccccn2)cc2c(=O)[nH]nc1-2. The Kier molecular flexibility index (Phi) is 3.69. The smallest absolute Gasteiger partial charge is 0.341 e. The van der Waals surface area contributed by atoms with Crippen LogP contribution in [0.1, 0.15) is 16.1 Å². The van der Waals surface area contributed by atoms with Gasteiger partial charge in [0.15, 0.2) is 0 Å². The number of pyridine rings is 2. The van der Waals surface area contributed by atoms with Gasteiger partial charge in [-0.15, -0.1) is 0 Å². The number of esters is 1. The van der Waals surface area contributed by atoms with Crippen LogP contribution in [0.3, 0.4) is 0 Å². The second-order valence-electron chi connectivity index (χ2n) is 4.79. The molecule has 0 amide bonds. The predicted molar refractivity (Wildman–Crippen MR) is 78.8 cm³/mol. The molecule has 3 heterocycles. The Morgan fingerprint density at radius 2 is 2.23 bits per heavy atom. The number of H-pyrrole nitrogens is 1. The lowest BCUT2D eigenvalue weighted by Crippen LogP contribution is -2.13. The number of aryl methyl sites for hydroxylation is 2. The van der Waals surface area contributed by atoms with Crippen LogP contribution >= 0.6 is 0 Å². The predicted octanol–water partition coefficient (Wildman–Crippen LogP) is 1.10. The Labute approximate surface area is 125 Å². The summed E-state index contributed by atoms with van der Waals surface area (Å²) >= 11 is 0.